The molecule has 0 spiro atoms. The number of alkyl halides is 1. The van der Waals surface area contributed by atoms with E-state index in [0.717, 1.165) is 18.3 Å². The summed E-state index contributed by atoms with van der Waals surface area (Å²) in [6.07, 6.45) is 0.777. The van der Waals surface area contributed by atoms with Crippen LogP contribution in [0.3, 0.4) is 0 Å². The minimum Gasteiger partial charge on any atom is -0.330 e. The van der Waals surface area contributed by atoms with Crippen molar-refractivity contribution in [2.24, 2.45) is 5.92 Å². The molecule has 2 fully saturated rings. The molecule has 1 unspecified atom stereocenters. The fraction of sp³-hybridized carbons (Fsp3) is 0.857. The van der Waals surface area contributed by atoms with Crippen molar-refractivity contribution in [1.82, 2.24) is 4.90 Å². The van der Waals surface area contributed by atoms with Gasteiger partial charge in [0, 0.05) is 17.6 Å². The summed E-state index contributed by atoms with van der Waals surface area (Å²) in [5, 5.41) is 1.55. The van der Waals surface area contributed by atoms with E-state index in [1.807, 2.05) is 16.7 Å². The third-order valence-electron chi connectivity index (χ3n) is 2.21. The topological polar surface area (TPSA) is 20.3 Å². The predicted octanol–water partition coefficient (Wildman–Crippen LogP) is 1.30. The largest absolute Gasteiger partial charge is 0.330 e. The minimum atomic E-state index is 0.341. The van der Waals surface area contributed by atoms with Gasteiger partial charge < -0.3 is 4.90 Å². The van der Waals surface area contributed by atoms with Crippen LogP contribution in [0.25, 0.3) is 0 Å². The maximum absolute atomic E-state index is 11.0. The second-order valence-electron chi connectivity index (χ2n) is 3.06. The van der Waals surface area contributed by atoms with E-state index in [-0.39, 0.29) is 0 Å². The number of halogens is 1. The summed E-state index contributed by atoms with van der Waals surface area (Å²) in [6.45, 7) is 0.974. The number of amides is 1. The Morgan fingerprint density at radius 1 is 1.73 bits per heavy atom. The highest BCUT2D eigenvalue weighted by molar-refractivity contribution is 9.09. The second kappa shape index (κ2) is 2.98. The van der Waals surface area contributed by atoms with Crippen LogP contribution in [0, 0.1) is 5.92 Å². The molecule has 0 bridgehead atoms. The molecule has 2 heterocycles. The van der Waals surface area contributed by atoms with Gasteiger partial charge in [-0.05, 0) is 5.92 Å². The zero-order valence-electron chi connectivity index (χ0n) is 6.12. The molecule has 2 nitrogen and oxygen atoms in total. The Bertz CT molecular complexity index is 187. The van der Waals surface area contributed by atoms with Crippen LogP contribution < -0.4 is 0 Å². The molecule has 62 valence electrons. The van der Waals surface area contributed by atoms with Crippen molar-refractivity contribution >= 4 is 33.6 Å². The highest BCUT2D eigenvalue weighted by Crippen LogP contribution is 2.36. The summed E-state index contributed by atoms with van der Waals surface area (Å²) in [5.74, 6) is 2.22. The van der Waals surface area contributed by atoms with Crippen molar-refractivity contribution in [3.63, 3.8) is 0 Å². The van der Waals surface area contributed by atoms with Crippen LogP contribution in [0.15, 0.2) is 0 Å². The number of hydrogen-bond donors (Lipinski definition) is 0. The molecule has 2 rings (SSSR count). The lowest BCUT2D eigenvalue weighted by atomic mass is 10.1. The molecule has 0 aliphatic carbocycles. The summed E-state index contributed by atoms with van der Waals surface area (Å²) in [6, 6.07) is 0. The molecule has 0 N–H and O–H groups in total. The molecule has 2 aliphatic rings. The maximum Gasteiger partial charge on any atom is 0.226 e. The lowest BCUT2D eigenvalue weighted by molar-refractivity contribution is -0.142. The van der Waals surface area contributed by atoms with E-state index in [1.165, 1.54) is 5.75 Å². The predicted molar refractivity (Wildman–Crippen MR) is 49.9 cm³/mol. The van der Waals surface area contributed by atoms with Crippen molar-refractivity contribution in [3.05, 3.63) is 0 Å². The fourth-order valence-corrected chi connectivity index (χ4v) is 3.56. The molecule has 2 atom stereocenters. The first kappa shape index (κ1) is 7.92. The van der Waals surface area contributed by atoms with Crippen LogP contribution >= 0.6 is 27.7 Å². The monoisotopic (exact) mass is 235 g/mol. The number of β-lactam (4-membered cyclic amide) rings is 1. The molecule has 1 amide bonds. The molecular formula is C7H10BrNOS. The molecule has 11 heavy (non-hydrogen) atoms. The molecule has 2 aliphatic heterocycles. The van der Waals surface area contributed by atoms with E-state index >= 15 is 0 Å². The van der Waals surface area contributed by atoms with Gasteiger partial charge in [-0.2, -0.15) is 0 Å². The first-order valence-corrected chi connectivity index (χ1v) is 5.95. The van der Waals surface area contributed by atoms with Crippen LogP contribution in [-0.2, 0) is 4.79 Å². The number of hydrogen-bond acceptors (Lipinski definition) is 2. The molecule has 0 aromatic carbocycles. The van der Waals surface area contributed by atoms with Crippen molar-refractivity contribution in [3.8, 4) is 0 Å². The van der Waals surface area contributed by atoms with Crippen LogP contribution in [0.1, 0.15) is 6.42 Å². The Balaban J connectivity index is 1.94. The molecule has 0 aromatic heterocycles. The zero-order valence-corrected chi connectivity index (χ0v) is 8.53. The van der Waals surface area contributed by atoms with E-state index in [9.17, 15) is 4.79 Å². The number of carbonyl (C=O) groups is 1. The van der Waals surface area contributed by atoms with Gasteiger partial charge in [0.2, 0.25) is 5.91 Å². The second-order valence-corrected chi connectivity index (χ2v) is 4.92. The van der Waals surface area contributed by atoms with Gasteiger partial charge in [-0.1, -0.05) is 15.9 Å². The van der Waals surface area contributed by atoms with Crippen LogP contribution in [0.4, 0.5) is 0 Å². The Morgan fingerprint density at radius 3 is 3.18 bits per heavy atom. The average Bonchev–Trinajstić information content (AvgIpc) is 2.03. The summed E-state index contributed by atoms with van der Waals surface area (Å²) in [7, 11) is 0. The SMILES string of the molecule is O=C1C[C@@H]2SCC(CBr)CN12. The van der Waals surface area contributed by atoms with Gasteiger partial charge in [-0.15, -0.1) is 11.8 Å². The van der Waals surface area contributed by atoms with E-state index in [4.69, 9.17) is 0 Å². The quantitative estimate of drug-likeness (QED) is 0.505. The van der Waals surface area contributed by atoms with Crippen molar-refractivity contribution in [2.75, 3.05) is 17.6 Å². The molecular weight excluding hydrogens is 226 g/mol. The third-order valence-corrected chi connectivity index (χ3v) is 4.60. The van der Waals surface area contributed by atoms with Gasteiger partial charge in [-0.3, -0.25) is 4.79 Å². The zero-order chi connectivity index (χ0) is 7.84. The van der Waals surface area contributed by atoms with Crippen molar-refractivity contribution in [1.29, 1.82) is 0 Å². The van der Waals surface area contributed by atoms with Gasteiger partial charge in [-0.25, -0.2) is 0 Å². The Morgan fingerprint density at radius 2 is 2.55 bits per heavy atom. The Kier molecular flexibility index (Phi) is 2.14. The molecule has 0 radical (unpaired) electrons. The Labute approximate surface area is 78.8 Å². The van der Waals surface area contributed by atoms with E-state index < -0.39 is 0 Å². The van der Waals surface area contributed by atoms with E-state index in [2.05, 4.69) is 15.9 Å². The molecule has 0 aromatic rings. The smallest absolute Gasteiger partial charge is 0.226 e. The van der Waals surface area contributed by atoms with Crippen LogP contribution in [0.5, 0.6) is 0 Å². The molecule has 2 saturated heterocycles. The van der Waals surface area contributed by atoms with E-state index in [0.29, 0.717) is 17.2 Å². The normalized spacial score (nSPS) is 36.5. The fourth-order valence-electron chi connectivity index (χ4n) is 1.46. The number of fused-ring (bicyclic) bond motifs is 1. The van der Waals surface area contributed by atoms with Crippen LogP contribution in [0.2, 0.25) is 0 Å². The van der Waals surface area contributed by atoms with Gasteiger partial charge in [0.25, 0.3) is 0 Å². The first-order valence-electron chi connectivity index (χ1n) is 3.78. The summed E-state index contributed by atoms with van der Waals surface area (Å²) in [4.78, 5) is 13.0. The minimum absolute atomic E-state index is 0.341. The van der Waals surface area contributed by atoms with Crippen molar-refractivity contribution < 1.29 is 4.79 Å². The van der Waals surface area contributed by atoms with Gasteiger partial charge in [0.05, 0.1) is 11.8 Å². The number of rotatable bonds is 1. The molecule has 4 heteroatoms. The summed E-state index contributed by atoms with van der Waals surface area (Å²) >= 11 is 5.38. The lowest BCUT2D eigenvalue weighted by Gasteiger charge is -2.45. The van der Waals surface area contributed by atoms with Gasteiger partial charge >= 0.3 is 0 Å². The number of thioether (sulfide) groups is 1. The number of nitrogens with zero attached hydrogens (tertiary/aromatic N) is 1. The maximum atomic E-state index is 11.0. The van der Waals surface area contributed by atoms with E-state index in [1.54, 1.807) is 0 Å². The standard InChI is InChI=1S/C7H10BrNOS/c8-2-5-3-9-6(10)1-7(9)11-4-5/h5,7H,1-4H2/t5?,7-/m0/s1. The highest BCUT2D eigenvalue weighted by atomic mass is 79.9. The molecule has 0 saturated carbocycles. The average molecular weight is 236 g/mol. The van der Waals surface area contributed by atoms with Crippen LogP contribution in [-0.4, -0.2) is 33.8 Å². The highest BCUT2D eigenvalue weighted by Gasteiger charge is 2.40. The summed E-state index contributed by atoms with van der Waals surface area (Å²) in [5.41, 5.74) is 0. The van der Waals surface area contributed by atoms with Gasteiger partial charge in [0.15, 0.2) is 0 Å². The van der Waals surface area contributed by atoms with Crippen molar-refractivity contribution in [2.45, 2.75) is 11.8 Å². The third kappa shape index (κ3) is 1.31. The lowest BCUT2D eigenvalue weighted by Crippen LogP contribution is -2.55. The number of carbonyl (C=O) groups excluding carboxylic acids is 1. The van der Waals surface area contributed by atoms with Gasteiger partial charge in [0.1, 0.15) is 0 Å². The first-order chi connectivity index (χ1) is 5.31. The summed E-state index contributed by atoms with van der Waals surface area (Å²) < 4.78 is 0. The Hall–Kier alpha value is 0.300.